The Bertz CT molecular complexity index is 1860. The summed E-state index contributed by atoms with van der Waals surface area (Å²) in [4.78, 5) is 30.9. The molecule has 0 saturated heterocycles. The summed E-state index contributed by atoms with van der Waals surface area (Å²) < 4.78 is 0. The zero-order valence-electron chi connectivity index (χ0n) is 32.8. The second kappa shape index (κ2) is 25.1. The molecule has 6 aromatic rings. The summed E-state index contributed by atoms with van der Waals surface area (Å²) in [5.41, 5.74) is 15.4. The number of rotatable bonds is 14. The number of aromatic nitrogens is 6. The van der Waals surface area contributed by atoms with Crippen LogP contribution in [0.2, 0.25) is 0 Å². The van der Waals surface area contributed by atoms with Gasteiger partial charge >= 0.3 is 64.9 Å². The van der Waals surface area contributed by atoms with Gasteiger partial charge in [0, 0.05) is 12.4 Å². The number of halogens is 4. The van der Waals surface area contributed by atoms with Crippen LogP contribution in [0.25, 0.3) is 22.1 Å². The van der Waals surface area contributed by atoms with Crippen molar-refractivity contribution in [1.29, 1.82) is 0 Å². The van der Waals surface area contributed by atoms with Gasteiger partial charge in [-0.05, 0) is 125 Å². The molecule has 0 bridgehead atoms. The van der Waals surface area contributed by atoms with Crippen LogP contribution in [-0.4, -0.2) is 59.3 Å². The Hall–Kier alpha value is -0.936. The molecule has 0 saturated carbocycles. The van der Waals surface area contributed by atoms with Crippen molar-refractivity contribution in [2.75, 3.05) is 19.6 Å². The van der Waals surface area contributed by atoms with E-state index < -0.39 is 0 Å². The van der Waals surface area contributed by atoms with E-state index in [1.165, 1.54) is 61.0 Å². The molecule has 2 aromatic carbocycles. The number of aryl methyl sites for hydroxylation is 2. The first kappa shape index (κ1) is 47.1. The van der Waals surface area contributed by atoms with E-state index in [1.807, 2.05) is 30.6 Å². The number of hydrogen-bond acceptors (Lipinski definition) is 7. The topological polar surface area (TPSA) is 116 Å². The third kappa shape index (κ3) is 14.0. The number of benzene rings is 2. The van der Waals surface area contributed by atoms with E-state index in [9.17, 15) is 0 Å². The molecule has 57 heavy (non-hydrogen) atoms. The monoisotopic (exact) mass is 1260 g/mol. The minimum atomic E-state index is -0.278. The third-order valence-electron chi connectivity index (χ3n) is 10.7. The molecular formula is C43H56I4N9V. The minimum absolute atomic E-state index is 0. The molecule has 2 atom stereocenters. The Labute approximate surface area is 393 Å². The predicted octanol–water partition coefficient (Wildman–Crippen LogP) is 11.9. The molecule has 2 aliphatic rings. The first-order valence-electron chi connectivity index (χ1n) is 20.1. The van der Waals surface area contributed by atoms with E-state index >= 15 is 0 Å². The molecule has 0 amide bonds. The molecule has 0 unspecified atom stereocenters. The summed E-state index contributed by atoms with van der Waals surface area (Å²) in [6, 6.07) is 25.9. The molecule has 0 fully saturated rings. The van der Waals surface area contributed by atoms with Gasteiger partial charge in [0.25, 0.3) is 0 Å². The Morgan fingerprint density at radius 2 is 1.12 bits per heavy atom. The molecule has 4 aromatic heterocycles. The average molecular weight is 1260 g/mol. The van der Waals surface area contributed by atoms with Gasteiger partial charge in [0.05, 0.1) is 58.6 Å². The van der Waals surface area contributed by atoms with Crippen LogP contribution < -0.4 is 5.73 Å². The van der Waals surface area contributed by atoms with Crippen molar-refractivity contribution in [1.82, 2.24) is 39.7 Å². The van der Waals surface area contributed by atoms with Crippen LogP contribution in [0, 0.1) is 0 Å². The fourth-order valence-electron chi connectivity index (χ4n) is 8.14. The molecule has 9 nitrogen and oxygen atoms in total. The summed E-state index contributed by atoms with van der Waals surface area (Å²) in [7, 11) is 0. The quantitative estimate of drug-likeness (QED) is 0.0735. The number of unbranched alkanes of at least 4 members (excludes halogenated alkanes) is 3. The van der Waals surface area contributed by atoms with Crippen LogP contribution >= 0.6 is 83.9 Å². The van der Waals surface area contributed by atoms with Crippen molar-refractivity contribution in [3.8, 4) is 0 Å². The van der Waals surface area contributed by atoms with Crippen LogP contribution in [0.4, 0.5) is 0 Å². The van der Waals surface area contributed by atoms with Crippen LogP contribution in [0.5, 0.6) is 0 Å². The molecule has 0 radical (unpaired) electrons. The van der Waals surface area contributed by atoms with Gasteiger partial charge < -0.3 is 15.7 Å². The Kier molecular flexibility index (Phi) is 20.8. The van der Waals surface area contributed by atoms with Crippen molar-refractivity contribution in [2.45, 2.75) is 103 Å². The van der Waals surface area contributed by atoms with E-state index in [4.69, 9.17) is 25.7 Å². The first-order chi connectivity index (χ1) is 27.4. The van der Waals surface area contributed by atoms with Crippen molar-refractivity contribution in [3.05, 3.63) is 119 Å². The van der Waals surface area contributed by atoms with Crippen molar-refractivity contribution >= 4 is 106 Å². The average Bonchev–Trinajstić information content (AvgIpc) is 3.83. The van der Waals surface area contributed by atoms with E-state index in [0.717, 1.165) is 98.5 Å². The van der Waals surface area contributed by atoms with Gasteiger partial charge in [0.1, 0.15) is 11.6 Å². The Morgan fingerprint density at radius 3 is 1.56 bits per heavy atom. The fraction of sp³-hybridized carbons (Fsp3) is 0.442. The summed E-state index contributed by atoms with van der Waals surface area (Å²) in [5, 5.41) is 0. The molecule has 4 N–H and O–H groups in total. The van der Waals surface area contributed by atoms with Crippen LogP contribution in [0.15, 0.2) is 85.2 Å². The summed E-state index contributed by atoms with van der Waals surface area (Å²) in [6.07, 6.45) is 16.9. The van der Waals surface area contributed by atoms with Crippen molar-refractivity contribution < 1.29 is 4.92 Å². The second-order valence-corrected chi connectivity index (χ2v) is 50.0. The maximum absolute atomic E-state index is 5.72. The van der Waals surface area contributed by atoms with Gasteiger partial charge in [-0.3, -0.25) is 19.8 Å². The summed E-state index contributed by atoms with van der Waals surface area (Å²) >= 11 is 7.39. The third-order valence-corrected chi connectivity index (χ3v) is 10.7. The molecule has 4 heterocycles. The van der Waals surface area contributed by atoms with Crippen molar-refractivity contribution in [2.24, 2.45) is 5.73 Å². The normalized spacial score (nSPS) is 16.1. The number of hydrogen-bond donors (Lipinski definition) is 3. The molecule has 0 aliphatic heterocycles. The number of nitrogens with one attached hydrogen (secondary N) is 2. The fourth-order valence-corrected chi connectivity index (χ4v) is 8.14. The summed E-state index contributed by atoms with van der Waals surface area (Å²) in [6.45, 7) is 6.82. The molecule has 14 heteroatoms. The van der Waals surface area contributed by atoms with E-state index in [0.29, 0.717) is 12.1 Å². The van der Waals surface area contributed by atoms with Gasteiger partial charge in [0.2, 0.25) is 0 Å². The Balaban J connectivity index is 0.000000196. The Morgan fingerprint density at radius 1 is 0.667 bits per heavy atom. The number of para-hydroxylation sites is 4. The number of aromatic amines is 2. The van der Waals surface area contributed by atoms with Crippen LogP contribution in [0.3, 0.4) is 0 Å². The van der Waals surface area contributed by atoms with E-state index in [2.05, 4.69) is 141 Å². The van der Waals surface area contributed by atoms with E-state index in [-0.39, 0.29) is 28.9 Å². The predicted molar refractivity (Wildman–Crippen MR) is 268 cm³/mol. The maximum atomic E-state index is 5.72. The van der Waals surface area contributed by atoms with Crippen molar-refractivity contribution in [3.63, 3.8) is 0 Å². The number of imidazole rings is 2. The number of fused-ring (bicyclic) bond motifs is 4. The van der Waals surface area contributed by atoms with Gasteiger partial charge in [-0.25, -0.2) is 9.97 Å². The van der Waals surface area contributed by atoms with Crippen LogP contribution in [0.1, 0.15) is 111 Å². The SMILES string of the molecule is CCCCCN(Cc1nc2ccccc2[nH]1)[C@H]1CCCc2cccnc21.I.NCCCCN(Cc1nc2ccccc2[nH]1)[C@H]1CCCc2cccnc21.[I][V]([I])[I]. The van der Waals surface area contributed by atoms with Gasteiger partial charge in [-0.1, -0.05) is 56.2 Å². The standard InChI is InChI=1S/C22H28N4.C21H27N5.4HI.V/c1-2-3-6-15-26(16-21-24-18-11-4-5-12-19(18)25-21)20-13-7-9-17-10-8-14-23-22(17)20;22-12-3-4-14-26(15-20-24-17-9-1-2-10-18(17)25-20)19-11-5-7-16-8-6-13-23-21(16)19;;;;;/h4-5,8,10-12,14,20H,2-3,6-7,9,13,15-16H2,1H3,(H,24,25);1-2,6,8-10,13,19H,3-5,7,11-12,14-15,22H2,(H,24,25);4*1H;/q;;;;;;+3/p-3/t20-;19-;;;;;/m00...../s1. The number of H-pyrrole nitrogens is 2. The molecule has 8 rings (SSSR count). The zero-order chi connectivity index (χ0) is 39.1. The van der Waals surface area contributed by atoms with Crippen LogP contribution in [-0.2, 0) is 30.9 Å². The molecular weight excluding hydrogens is 1200 g/mol. The second-order valence-electron chi connectivity index (χ2n) is 14.6. The number of nitrogens with zero attached hydrogens (tertiary/aromatic N) is 6. The van der Waals surface area contributed by atoms with Gasteiger partial charge in [-0.15, -0.1) is 24.0 Å². The van der Waals surface area contributed by atoms with E-state index in [1.54, 1.807) is 0 Å². The number of pyridine rings is 2. The van der Waals surface area contributed by atoms with Gasteiger partial charge in [-0.2, -0.15) is 0 Å². The molecule has 306 valence electrons. The molecule has 0 spiro atoms. The number of nitrogens with two attached hydrogens (primary N) is 1. The van der Waals surface area contributed by atoms with Gasteiger partial charge in [0.15, 0.2) is 0 Å². The molecule has 2 aliphatic carbocycles. The zero-order valence-corrected chi connectivity index (χ0v) is 43.0. The summed E-state index contributed by atoms with van der Waals surface area (Å²) in [5.74, 6) is 2.09. The first-order valence-corrected chi connectivity index (χ1v) is 33.7.